The first-order valence-electron chi connectivity index (χ1n) is 7.34. The number of nitrogens with one attached hydrogen (secondary N) is 1. The Bertz CT molecular complexity index is 379. The average Bonchev–Trinajstić information content (AvgIpc) is 3.22. The lowest BCUT2D eigenvalue weighted by Gasteiger charge is -2.18. The normalized spacial score (nSPS) is 16.5. The predicted molar refractivity (Wildman–Crippen MR) is 80.8 cm³/mol. The zero-order valence-corrected chi connectivity index (χ0v) is 12.5. The van der Waals surface area contributed by atoms with Crippen LogP contribution >= 0.6 is 11.6 Å². The van der Waals surface area contributed by atoms with Gasteiger partial charge < -0.3 is 10.1 Å². The van der Waals surface area contributed by atoms with Gasteiger partial charge in [0.15, 0.2) is 0 Å². The lowest BCUT2D eigenvalue weighted by Crippen LogP contribution is -2.27. The number of hydrogen-bond donors (Lipinski definition) is 1. The molecule has 1 N–H and O–H groups in total. The van der Waals surface area contributed by atoms with Crippen LogP contribution in [-0.4, -0.2) is 25.8 Å². The molecular weight excluding hydrogens is 258 g/mol. The van der Waals surface area contributed by atoms with Crippen LogP contribution in [0.5, 0.6) is 0 Å². The van der Waals surface area contributed by atoms with E-state index in [1.807, 2.05) is 19.1 Å². The molecular formula is C16H24ClNO. The fourth-order valence-corrected chi connectivity index (χ4v) is 2.48. The molecule has 0 aliphatic heterocycles. The fraction of sp³-hybridized carbons (Fsp3) is 0.625. The second-order valence-corrected chi connectivity index (χ2v) is 5.74. The molecule has 2 nitrogen and oxygen atoms in total. The van der Waals surface area contributed by atoms with Crippen molar-refractivity contribution in [2.45, 2.75) is 38.6 Å². The van der Waals surface area contributed by atoms with E-state index in [0.29, 0.717) is 5.92 Å². The average molecular weight is 282 g/mol. The lowest BCUT2D eigenvalue weighted by atomic mass is 9.96. The van der Waals surface area contributed by atoms with Crippen molar-refractivity contribution in [2.24, 2.45) is 5.92 Å². The number of hydrogen-bond acceptors (Lipinski definition) is 2. The van der Waals surface area contributed by atoms with Crippen LogP contribution in [-0.2, 0) is 11.2 Å². The van der Waals surface area contributed by atoms with E-state index in [0.717, 1.165) is 43.7 Å². The van der Waals surface area contributed by atoms with Crippen LogP contribution in [0.4, 0.5) is 0 Å². The predicted octanol–water partition coefficient (Wildman–Crippen LogP) is 3.68. The summed E-state index contributed by atoms with van der Waals surface area (Å²) in [6.07, 6.45) is 4.81. The van der Waals surface area contributed by atoms with E-state index in [1.54, 1.807) is 0 Å². The van der Waals surface area contributed by atoms with Gasteiger partial charge in [-0.3, -0.25) is 0 Å². The molecule has 0 radical (unpaired) electrons. The van der Waals surface area contributed by atoms with Gasteiger partial charge in [-0.25, -0.2) is 0 Å². The van der Waals surface area contributed by atoms with Crippen molar-refractivity contribution in [3.05, 3.63) is 34.9 Å². The molecule has 0 saturated heterocycles. The minimum absolute atomic E-state index is 0.604. The molecule has 0 bridgehead atoms. The number of benzene rings is 1. The molecule has 0 aromatic heterocycles. The van der Waals surface area contributed by atoms with Crippen LogP contribution in [0.25, 0.3) is 0 Å². The summed E-state index contributed by atoms with van der Waals surface area (Å²) >= 11 is 6.25. The van der Waals surface area contributed by atoms with Crippen LogP contribution in [0.15, 0.2) is 24.3 Å². The van der Waals surface area contributed by atoms with E-state index in [4.69, 9.17) is 16.3 Å². The van der Waals surface area contributed by atoms with Gasteiger partial charge in [0.1, 0.15) is 0 Å². The zero-order valence-electron chi connectivity index (χ0n) is 11.7. The van der Waals surface area contributed by atoms with Crippen molar-refractivity contribution in [2.75, 3.05) is 19.8 Å². The van der Waals surface area contributed by atoms with Gasteiger partial charge in [-0.15, -0.1) is 0 Å². The van der Waals surface area contributed by atoms with E-state index in [-0.39, 0.29) is 0 Å². The number of rotatable bonds is 9. The van der Waals surface area contributed by atoms with Crippen molar-refractivity contribution in [3.8, 4) is 0 Å². The highest BCUT2D eigenvalue weighted by atomic mass is 35.5. The van der Waals surface area contributed by atoms with Gasteiger partial charge in [-0.1, -0.05) is 29.8 Å². The van der Waals surface area contributed by atoms with Crippen molar-refractivity contribution < 1.29 is 4.74 Å². The molecule has 2 rings (SSSR count). The van der Waals surface area contributed by atoms with Crippen molar-refractivity contribution in [1.29, 1.82) is 0 Å². The Hall–Kier alpha value is -0.570. The Morgan fingerprint density at radius 3 is 2.84 bits per heavy atom. The van der Waals surface area contributed by atoms with Crippen LogP contribution in [0.3, 0.4) is 0 Å². The van der Waals surface area contributed by atoms with E-state index in [1.165, 1.54) is 18.4 Å². The first-order chi connectivity index (χ1) is 9.29. The first-order valence-corrected chi connectivity index (χ1v) is 7.72. The summed E-state index contributed by atoms with van der Waals surface area (Å²) in [5.41, 5.74) is 1.25. The highest BCUT2D eigenvalue weighted by Gasteiger charge is 2.22. The summed E-state index contributed by atoms with van der Waals surface area (Å²) in [6.45, 7) is 4.77. The molecule has 1 aliphatic carbocycles. The largest absolute Gasteiger partial charge is 0.382 e. The third-order valence-corrected chi connectivity index (χ3v) is 3.98. The van der Waals surface area contributed by atoms with E-state index < -0.39 is 0 Å². The summed E-state index contributed by atoms with van der Waals surface area (Å²) in [6, 6.07) is 8.93. The van der Waals surface area contributed by atoms with Crippen LogP contribution in [0.1, 0.15) is 31.7 Å². The fourth-order valence-electron chi connectivity index (χ4n) is 2.27. The monoisotopic (exact) mass is 281 g/mol. The molecule has 1 saturated carbocycles. The molecule has 0 heterocycles. The third kappa shape index (κ3) is 5.52. The SMILES string of the molecule is CCOCCC(CNC1CC1)Cc1ccccc1Cl. The molecule has 0 amide bonds. The maximum Gasteiger partial charge on any atom is 0.0469 e. The van der Waals surface area contributed by atoms with Crippen molar-refractivity contribution >= 4 is 11.6 Å². The van der Waals surface area contributed by atoms with Crippen LogP contribution in [0.2, 0.25) is 5.02 Å². The Morgan fingerprint density at radius 1 is 1.37 bits per heavy atom. The van der Waals surface area contributed by atoms with Gasteiger partial charge in [0.2, 0.25) is 0 Å². The van der Waals surface area contributed by atoms with Gasteiger partial charge in [0.25, 0.3) is 0 Å². The summed E-state index contributed by atoms with van der Waals surface area (Å²) in [5, 5.41) is 4.51. The van der Waals surface area contributed by atoms with Gasteiger partial charge >= 0.3 is 0 Å². The van der Waals surface area contributed by atoms with E-state index in [2.05, 4.69) is 17.4 Å². The van der Waals surface area contributed by atoms with Crippen LogP contribution in [0, 0.1) is 5.92 Å². The van der Waals surface area contributed by atoms with Crippen molar-refractivity contribution in [3.63, 3.8) is 0 Å². The highest BCUT2D eigenvalue weighted by Crippen LogP contribution is 2.22. The smallest absolute Gasteiger partial charge is 0.0469 e. The molecule has 19 heavy (non-hydrogen) atoms. The van der Waals surface area contributed by atoms with Gasteiger partial charge in [0.05, 0.1) is 0 Å². The zero-order chi connectivity index (χ0) is 13.5. The van der Waals surface area contributed by atoms with E-state index >= 15 is 0 Å². The summed E-state index contributed by atoms with van der Waals surface area (Å²) in [4.78, 5) is 0. The van der Waals surface area contributed by atoms with E-state index in [9.17, 15) is 0 Å². The minimum Gasteiger partial charge on any atom is -0.382 e. The number of ether oxygens (including phenoxy) is 1. The maximum absolute atomic E-state index is 6.25. The molecule has 1 fully saturated rings. The second kappa shape index (κ2) is 7.88. The molecule has 1 aromatic rings. The maximum atomic E-state index is 6.25. The lowest BCUT2D eigenvalue weighted by molar-refractivity contribution is 0.131. The Balaban J connectivity index is 1.85. The van der Waals surface area contributed by atoms with Gasteiger partial charge in [0, 0.05) is 24.3 Å². The first kappa shape index (κ1) is 14.8. The Morgan fingerprint density at radius 2 is 2.16 bits per heavy atom. The standard InChI is InChI=1S/C16H24ClNO/c1-2-19-10-9-13(12-18-15-7-8-15)11-14-5-3-4-6-16(14)17/h3-6,13,15,18H,2,7-12H2,1H3. The molecule has 1 atom stereocenters. The molecule has 1 unspecified atom stereocenters. The summed E-state index contributed by atoms with van der Waals surface area (Å²) < 4.78 is 5.49. The topological polar surface area (TPSA) is 21.3 Å². The quantitative estimate of drug-likeness (QED) is 0.697. The van der Waals surface area contributed by atoms with Crippen LogP contribution < -0.4 is 5.32 Å². The summed E-state index contributed by atoms with van der Waals surface area (Å²) in [5.74, 6) is 0.604. The summed E-state index contributed by atoms with van der Waals surface area (Å²) in [7, 11) is 0. The van der Waals surface area contributed by atoms with Crippen molar-refractivity contribution in [1.82, 2.24) is 5.32 Å². The molecule has 0 spiro atoms. The van der Waals surface area contributed by atoms with Gasteiger partial charge in [-0.2, -0.15) is 0 Å². The molecule has 1 aliphatic rings. The molecule has 1 aromatic carbocycles. The van der Waals surface area contributed by atoms with Gasteiger partial charge in [-0.05, 0) is 56.7 Å². The third-order valence-electron chi connectivity index (χ3n) is 3.61. The second-order valence-electron chi connectivity index (χ2n) is 5.33. The minimum atomic E-state index is 0.604. The highest BCUT2D eigenvalue weighted by molar-refractivity contribution is 6.31. The number of halogens is 1. The Labute approximate surface area is 121 Å². The molecule has 3 heteroatoms. The molecule has 106 valence electrons. The Kier molecular flexibility index (Phi) is 6.15.